The van der Waals surface area contributed by atoms with E-state index in [1.807, 2.05) is 48.5 Å². The normalized spacial score (nSPS) is 17.2. The number of carbonyl (C=O) groups is 2. The van der Waals surface area contributed by atoms with Gasteiger partial charge in [-0.3, -0.25) is 4.79 Å². The van der Waals surface area contributed by atoms with Crippen LogP contribution in [0.4, 0.5) is 0 Å². The summed E-state index contributed by atoms with van der Waals surface area (Å²) in [4.78, 5) is 24.0. The number of aliphatic carboxylic acids is 1. The molecule has 1 amide bonds. The van der Waals surface area contributed by atoms with E-state index >= 15 is 0 Å². The summed E-state index contributed by atoms with van der Waals surface area (Å²) in [5, 5.41) is 12.5. The minimum atomic E-state index is -0.990. The maximum absolute atomic E-state index is 12.1. The molecule has 0 aliphatic heterocycles. The highest BCUT2D eigenvalue weighted by atomic mass is 16.4. The largest absolute Gasteiger partial charge is 0.480 e. The fourth-order valence-electron chi connectivity index (χ4n) is 3.46. The van der Waals surface area contributed by atoms with E-state index in [0.29, 0.717) is 0 Å². The number of hydrogen-bond donors (Lipinski definition) is 2. The molecule has 0 aromatic heterocycles. The monoisotopic (exact) mass is 307 g/mol. The first-order chi connectivity index (χ1) is 11.2. The molecule has 2 aliphatic carbocycles. The number of carboxylic acid groups (broad SMARTS) is 1. The van der Waals surface area contributed by atoms with Crippen molar-refractivity contribution in [2.45, 2.75) is 24.8 Å². The Labute approximate surface area is 134 Å². The maximum Gasteiger partial charge on any atom is 0.327 e. The van der Waals surface area contributed by atoms with Crippen LogP contribution in [0.1, 0.15) is 29.9 Å². The molecule has 0 unspecified atom stereocenters. The molecule has 0 spiro atoms. The molecule has 1 atom stereocenters. The Hall–Kier alpha value is -2.62. The van der Waals surface area contributed by atoms with Gasteiger partial charge >= 0.3 is 5.97 Å². The van der Waals surface area contributed by atoms with Crippen LogP contribution in [0, 0.1) is 5.92 Å². The molecule has 4 heteroatoms. The van der Waals surface area contributed by atoms with Crippen LogP contribution in [-0.4, -0.2) is 23.0 Å². The molecular formula is C19H17NO3. The molecule has 4 rings (SSSR count). The first-order valence-electron chi connectivity index (χ1n) is 7.88. The van der Waals surface area contributed by atoms with Gasteiger partial charge in [0.1, 0.15) is 6.04 Å². The highest BCUT2D eigenvalue weighted by molar-refractivity contribution is 5.90. The van der Waals surface area contributed by atoms with Crippen LogP contribution in [0.3, 0.4) is 0 Å². The van der Waals surface area contributed by atoms with E-state index < -0.39 is 12.0 Å². The van der Waals surface area contributed by atoms with Crippen LogP contribution in [-0.2, 0) is 9.59 Å². The van der Waals surface area contributed by atoms with E-state index in [1.54, 1.807) is 0 Å². The number of rotatable bonds is 4. The number of fused-ring (bicyclic) bond motifs is 3. The number of nitrogens with one attached hydrogen (secondary N) is 1. The van der Waals surface area contributed by atoms with Gasteiger partial charge < -0.3 is 10.4 Å². The minimum Gasteiger partial charge on any atom is -0.480 e. The maximum atomic E-state index is 12.1. The Morgan fingerprint density at radius 3 is 1.96 bits per heavy atom. The third-order valence-corrected chi connectivity index (χ3v) is 4.73. The number of benzene rings is 2. The molecule has 0 bridgehead atoms. The van der Waals surface area contributed by atoms with E-state index in [4.69, 9.17) is 0 Å². The van der Waals surface area contributed by atoms with Crippen molar-refractivity contribution in [3.8, 4) is 11.1 Å². The lowest BCUT2D eigenvalue weighted by Gasteiger charge is -2.23. The van der Waals surface area contributed by atoms with Crippen molar-refractivity contribution in [3.63, 3.8) is 0 Å². The number of hydrogen-bond acceptors (Lipinski definition) is 2. The average Bonchev–Trinajstić information content (AvgIpc) is 3.35. The van der Waals surface area contributed by atoms with Crippen molar-refractivity contribution >= 4 is 11.9 Å². The van der Waals surface area contributed by atoms with Gasteiger partial charge in [0.15, 0.2) is 0 Å². The zero-order valence-corrected chi connectivity index (χ0v) is 12.5. The number of carboxylic acids is 1. The zero-order chi connectivity index (χ0) is 16.0. The second-order valence-corrected chi connectivity index (χ2v) is 6.25. The fraction of sp³-hybridized carbons (Fsp3) is 0.263. The van der Waals surface area contributed by atoms with Crippen molar-refractivity contribution in [2.75, 3.05) is 0 Å². The van der Waals surface area contributed by atoms with E-state index in [1.165, 1.54) is 0 Å². The Kier molecular flexibility index (Phi) is 3.18. The summed E-state index contributed by atoms with van der Waals surface area (Å²) in [6.07, 6.45) is 1.71. The highest BCUT2D eigenvalue weighted by Crippen LogP contribution is 2.46. The fourth-order valence-corrected chi connectivity index (χ4v) is 3.46. The SMILES string of the molecule is O=C(N[C@H](C(=O)O)C1c2ccccc2-c2ccccc21)C1CC1. The predicted molar refractivity (Wildman–Crippen MR) is 86.0 cm³/mol. The molecule has 1 saturated carbocycles. The molecule has 0 heterocycles. The van der Waals surface area contributed by atoms with Crippen LogP contribution in [0.25, 0.3) is 11.1 Å². The van der Waals surface area contributed by atoms with Crippen molar-refractivity contribution in [1.29, 1.82) is 0 Å². The molecule has 2 aromatic carbocycles. The van der Waals surface area contributed by atoms with Crippen LogP contribution < -0.4 is 5.32 Å². The van der Waals surface area contributed by atoms with Crippen molar-refractivity contribution in [1.82, 2.24) is 5.32 Å². The molecule has 0 radical (unpaired) electrons. The summed E-state index contributed by atoms with van der Waals surface area (Å²) >= 11 is 0. The Morgan fingerprint density at radius 1 is 0.957 bits per heavy atom. The van der Waals surface area contributed by atoms with Gasteiger partial charge in [-0.25, -0.2) is 4.79 Å². The lowest BCUT2D eigenvalue weighted by molar-refractivity contribution is -0.142. The van der Waals surface area contributed by atoms with E-state index in [2.05, 4.69) is 5.32 Å². The number of carbonyl (C=O) groups excluding carboxylic acids is 1. The molecule has 2 aliphatic rings. The van der Waals surface area contributed by atoms with Gasteiger partial charge in [-0.2, -0.15) is 0 Å². The molecule has 23 heavy (non-hydrogen) atoms. The topological polar surface area (TPSA) is 66.4 Å². The predicted octanol–water partition coefficient (Wildman–Crippen LogP) is 2.78. The van der Waals surface area contributed by atoms with E-state index in [0.717, 1.165) is 35.1 Å². The van der Waals surface area contributed by atoms with Crippen LogP contribution in [0.5, 0.6) is 0 Å². The van der Waals surface area contributed by atoms with Crippen molar-refractivity contribution in [3.05, 3.63) is 59.7 Å². The van der Waals surface area contributed by atoms with Crippen LogP contribution in [0.15, 0.2) is 48.5 Å². The zero-order valence-electron chi connectivity index (χ0n) is 12.5. The van der Waals surface area contributed by atoms with Crippen molar-refractivity contribution < 1.29 is 14.7 Å². The standard InChI is InChI=1S/C19H17NO3/c21-18(11-9-10-11)20-17(19(22)23)16-14-7-3-1-5-12(14)13-6-2-4-8-15(13)16/h1-8,11,16-17H,9-10H2,(H,20,21)(H,22,23)/t17-/m0/s1. The van der Waals surface area contributed by atoms with Gasteiger partial charge in [0, 0.05) is 11.8 Å². The molecule has 0 saturated heterocycles. The Morgan fingerprint density at radius 2 is 1.48 bits per heavy atom. The first-order valence-corrected chi connectivity index (χ1v) is 7.88. The average molecular weight is 307 g/mol. The van der Waals surface area contributed by atoms with Crippen molar-refractivity contribution in [2.24, 2.45) is 5.92 Å². The summed E-state index contributed by atoms with van der Waals surface area (Å²) in [6.45, 7) is 0. The third kappa shape index (κ3) is 2.31. The number of amides is 1. The van der Waals surface area contributed by atoms with Gasteiger partial charge in [-0.05, 0) is 35.1 Å². The minimum absolute atomic E-state index is 0.0104. The van der Waals surface area contributed by atoms with Crippen LogP contribution >= 0.6 is 0 Å². The lowest BCUT2D eigenvalue weighted by Crippen LogP contribution is -2.45. The van der Waals surface area contributed by atoms with E-state index in [9.17, 15) is 14.7 Å². The van der Waals surface area contributed by atoms with Gasteiger partial charge in [0.25, 0.3) is 0 Å². The van der Waals surface area contributed by atoms with Gasteiger partial charge in [0.05, 0.1) is 0 Å². The Bertz CT molecular complexity index is 749. The summed E-state index contributed by atoms with van der Waals surface area (Å²) in [5.74, 6) is -1.49. The lowest BCUT2D eigenvalue weighted by atomic mass is 9.89. The Balaban J connectivity index is 1.79. The third-order valence-electron chi connectivity index (χ3n) is 4.73. The van der Waals surface area contributed by atoms with Gasteiger partial charge in [-0.1, -0.05) is 48.5 Å². The van der Waals surface area contributed by atoms with Gasteiger partial charge in [0.2, 0.25) is 5.91 Å². The summed E-state index contributed by atoms with van der Waals surface area (Å²) in [5.41, 5.74) is 4.05. The molecular weight excluding hydrogens is 290 g/mol. The molecule has 116 valence electrons. The van der Waals surface area contributed by atoms with Gasteiger partial charge in [-0.15, -0.1) is 0 Å². The van der Waals surface area contributed by atoms with E-state index in [-0.39, 0.29) is 17.7 Å². The van der Waals surface area contributed by atoms with Crippen LogP contribution in [0.2, 0.25) is 0 Å². The summed E-state index contributed by atoms with van der Waals surface area (Å²) < 4.78 is 0. The molecule has 1 fully saturated rings. The highest BCUT2D eigenvalue weighted by Gasteiger charge is 2.41. The molecule has 2 aromatic rings. The second-order valence-electron chi connectivity index (χ2n) is 6.25. The second kappa shape index (κ2) is 5.23. The molecule has 2 N–H and O–H groups in total. The first kappa shape index (κ1) is 14.0. The summed E-state index contributed by atoms with van der Waals surface area (Å²) in [7, 11) is 0. The molecule has 4 nitrogen and oxygen atoms in total. The quantitative estimate of drug-likeness (QED) is 0.913. The smallest absolute Gasteiger partial charge is 0.327 e. The summed E-state index contributed by atoms with van der Waals surface area (Å²) in [6, 6.07) is 14.7.